The Labute approximate surface area is 346 Å². The molecule has 1 amide bonds. The first-order valence-electron chi connectivity index (χ1n) is 20.8. The molecule has 0 bridgehead atoms. The average molecular weight is 834 g/mol. The molecule has 60 heavy (non-hydrogen) atoms. The Kier molecular flexibility index (Phi) is 10.5. The molecule has 4 saturated carbocycles. The van der Waals surface area contributed by atoms with Crippen molar-refractivity contribution in [3.8, 4) is 5.75 Å². The zero-order valence-electron chi connectivity index (χ0n) is 34.5. The summed E-state index contributed by atoms with van der Waals surface area (Å²) < 4.78 is 39.1. The predicted molar refractivity (Wildman–Crippen MR) is 213 cm³/mol. The monoisotopic (exact) mass is 833 g/mol. The number of Topliss-reactive ketones (excluding diaryl/α,β-unsaturated/α-hetero) is 1. The number of ketones is 2. The second-order valence-corrected chi connectivity index (χ2v) is 17.9. The van der Waals surface area contributed by atoms with Gasteiger partial charge in [0.05, 0.1) is 24.1 Å². The van der Waals surface area contributed by atoms with Gasteiger partial charge in [-0.05, 0) is 81.9 Å². The summed E-state index contributed by atoms with van der Waals surface area (Å²) in [6, 6.07) is 0.482. The molecule has 2 aromatic rings. The fourth-order valence-corrected chi connectivity index (χ4v) is 11.5. The number of hydrogen-bond acceptors (Lipinski definition) is 13. The van der Waals surface area contributed by atoms with Crippen molar-refractivity contribution in [2.75, 3.05) is 45.0 Å². The number of aromatic nitrogens is 1. The third kappa shape index (κ3) is 6.61. The second kappa shape index (κ2) is 15.1. The number of piperazine rings is 1. The quantitative estimate of drug-likeness (QED) is 0.268. The number of carbonyl (C=O) groups is 5. The smallest absolute Gasteiger partial charge is 0.413 e. The minimum atomic E-state index is -1.91. The van der Waals surface area contributed by atoms with E-state index in [0.717, 1.165) is 24.5 Å². The van der Waals surface area contributed by atoms with Crippen LogP contribution >= 0.6 is 0 Å². The van der Waals surface area contributed by atoms with E-state index >= 15 is 4.39 Å². The number of aliphatic hydroxyl groups excluding tert-OH is 1. The maximum Gasteiger partial charge on any atom is 0.413 e. The van der Waals surface area contributed by atoms with E-state index in [1.54, 1.807) is 28.5 Å². The van der Waals surface area contributed by atoms with Crippen molar-refractivity contribution >= 4 is 46.2 Å². The van der Waals surface area contributed by atoms with Gasteiger partial charge >= 0.3 is 18.0 Å². The van der Waals surface area contributed by atoms with Crippen LogP contribution in [0.25, 0.3) is 10.9 Å². The van der Waals surface area contributed by atoms with Crippen LogP contribution in [0.15, 0.2) is 40.9 Å². The minimum absolute atomic E-state index is 0.0174. The lowest BCUT2D eigenvalue weighted by atomic mass is 9.46. The number of anilines is 1. The van der Waals surface area contributed by atoms with Crippen LogP contribution in [0.2, 0.25) is 0 Å². The first kappa shape index (κ1) is 41.6. The number of rotatable bonds is 9. The summed E-state index contributed by atoms with van der Waals surface area (Å²) in [5.74, 6) is -3.50. The number of allylic oxidation sites excluding steroid dienone is 4. The molecule has 1 saturated heterocycles. The van der Waals surface area contributed by atoms with Crippen molar-refractivity contribution in [3.05, 3.63) is 57.7 Å². The van der Waals surface area contributed by atoms with Gasteiger partial charge < -0.3 is 43.5 Å². The van der Waals surface area contributed by atoms with Crippen molar-refractivity contribution in [1.82, 2.24) is 9.47 Å². The second-order valence-electron chi connectivity index (χ2n) is 17.9. The number of fused-ring (bicyclic) bond motifs is 6. The molecular formula is C44H52FN3O12. The Morgan fingerprint density at radius 2 is 1.78 bits per heavy atom. The van der Waals surface area contributed by atoms with Gasteiger partial charge in [-0.15, -0.1) is 0 Å². The lowest BCUT2D eigenvalue weighted by Crippen LogP contribution is -2.61. The van der Waals surface area contributed by atoms with Crippen molar-refractivity contribution < 1.29 is 57.5 Å². The van der Waals surface area contributed by atoms with E-state index in [4.69, 9.17) is 18.9 Å². The highest BCUT2D eigenvalue weighted by molar-refractivity contribution is 6.01. The lowest BCUT2D eigenvalue weighted by molar-refractivity contribution is -0.178. The first-order valence-corrected chi connectivity index (χ1v) is 20.8. The van der Waals surface area contributed by atoms with Gasteiger partial charge in [-0.1, -0.05) is 25.5 Å². The summed E-state index contributed by atoms with van der Waals surface area (Å²) in [6.45, 7) is 5.99. The Morgan fingerprint density at radius 3 is 2.47 bits per heavy atom. The third-order valence-electron chi connectivity index (χ3n) is 14.6. The zero-order valence-corrected chi connectivity index (χ0v) is 34.5. The number of ether oxygens (including phenoxy) is 4. The Morgan fingerprint density at radius 1 is 1.03 bits per heavy atom. The van der Waals surface area contributed by atoms with Crippen molar-refractivity contribution in [1.29, 1.82) is 0 Å². The van der Waals surface area contributed by atoms with E-state index in [0.29, 0.717) is 19.3 Å². The van der Waals surface area contributed by atoms with Crippen LogP contribution in [-0.4, -0.2) is 107 Å². The van der Waals surface area contributed by atoms with E-state index < -0.39 is 82.6 Å². The molecule has 15 nitrogen and oxygen atoms in total. The van der Waals surface area contributed by atoms with Crippen LogP contribution in [-0.2, 0) is 28.6 Å². The van der Waals surface area contributed by atoms with E-state index in [2.05, 4.69) is 0 Å². The normalized spacial score (nSPS) is 32.1. The topological polar surface area (TPSA) is 191 Å². The molecule has 8 rings (SSSR count). The highest BCUT2D eigenvalue weighted by Crippen LogP contribution is 2.67. The van der Waals surface area contributed by atoms with Crippen molar-refractivity contribution in [2.45, 2.75) is 96.4 Å². The highest BCUT2D eigenvalue weighted by Gasteiger charge is 2.68. The maximum absolute atomic E-state index is 16.3. The molecule has 8 atom stereocenters. The van der Waals surface area contributed by atoms with Gasteiger partial charge in [-0.2, -0.15) is 0 Å². The molecule has 2 heterocycles. The average Bonchev–Trinajstić information content (AvgIpc) is 4.00. The molecule has 1 aromatic heterocycles. The van der Waals surface area contributed by atoms with Gasteiger partial charge in [-0.3, -0.25) is 19.2 Å². The zero-order chi connectivity index (χ0) is 43.1. The van der Waals surface area contributed by atoms with E-state index in [1.165, 1.54) is 25.1 Å². The number of methoxy groups -OCH3 is 1. The molecule has 16 heteroatoms. The number of esters is 2. The van der Waals surface area contributed by atoms with Gasteiger partial charge in [0.2, 0.25) is 18.0 Å². The molecule has 5 fully saturated rings. The molecule has 2 N–H and O–H groups in total. The maximum atomic E-state index is 16.3. The molecule has 1 aromatic carbocycles. The lowest BCUT2D eigenvalue weighted by Gasteiger charge is -2.59. The predicted octanol–water partition coefficient (Wildman–Crippen LogP) is 4.39. The van der Waals surface area contributed by atoms with E-state index in [9.17, 15) is 39.0 Å². The largest absolute Gasteiger partial charge is 0.492 e. The molecule has 6 aliphatic rings. The van der Waals surface area contributed by atoms with Gasteiger partial charge in [0.1, 0.15) is 16.9 Å². The Hall–Kier alpha value is -5.09. The number of amides is 1. The summed E-state index contributed by atoms with van der Waals surface area (Å²) in [7, 11) is 1.36. The van der Waals surface area contributed by atoms with Crippen LogP contribution in [0.5, 0.6) is 5.75 Å². The summed E-state index contributed by atoms with van der Waals surface area (Å²) in [5, 5.41) is 23.8. The van der Waals surface area contributed by atoms with Gasteiger partial charge in [-0.25, -0.2) is 14.0 Å². The van der Waals surface area contributed by atoms with Gasteiger partial charge in [0.15, 0.2) is 24.0 Å². The molecule has 2 unspecified atom stereocenters. The van der Waals surface area contributed by atoms with Gasteiger partial charge in [0, 0.05) is 61.6 Å². The number of pyridine rings is 1. The molecule has 322 valence electrons. The van der Waals surface area contributed by atoms with E-state index in [-0.39, 0.29) is 84.4 Å². The summed E-state index contributed by atoms with van der Waals surface area (Å²) >= 11 is 0. The number of benzene rings is 1. The number of carbonyl (C=O) groups excluding carboxylic acids is 5. The van der Waals surface area contributed by atoms with Crippen LogP contribution < -0.4 is 15.1 Å². The summed E-state index contributed by atoms with van der Waals surface area (Å²) in [5.41, 5.74) is -3.29. The number of nitrogens with zero attached hydrogens (tertiary/aromatic N) is 3. The van der Waals surface area contributed by atoms with Crippen molar-refractivity contribution in [3.63, 3.8) is 0 Å². The number of aliphatic hydroxyl groups is 2. The molecule has 5 aliphatic carbocycles. The Bertz CT molecular complexity index is 2300. The standard InChI is InChI=1S/C44H52FN3O12/c1-23-19-46(14-15-47(23)41(55)60-22-59-24(2)49)37-32(45)17-29-36(39(37)57-5)48(26-7-8-26)20-30(38(29)53)40(54)58-21-34(52)44(56)13-11-31-28-9-6-25-16-27(50)10-12-42(25,3)35(28)33(51)18-43(31,44)4/h10,12,16-17,20,23,26,28,31,33,35,51,56H,6-9,11,13-15,18-19,21-22H2,1-5H3/t23?,28-,31-,33-,35?,42-,43-,44-/m1/s1. The summed E-state index contributed by atoms with van der Waals surface area (Å²) in [4.78, 5) is 80.9. The van der Waals surface area contributed by atoms with Crippen molar-refractivity contribution in [2.24, 2.45) is 28.6 Å². The van der Waals surface area contributed by atoms with Crippen LogP contribution in [0.3, 0.4) is 0 Å². The molecule has 0 spiro atoms. The van der Waals surface area contributed by atoms with Crippen LogP contribution in [0.4, 0.5) is 14.9 Å². The fourth-order valence-electron chi connectivity index (χ4n) is 11.5. The minimum Gasteiger partial charge on any atom is -0.492 e. The summed E-state index contributed by atoms with van der Waals surface area (Å²) in [6.07, 6.45) is 8.54. The van der Waals surface area contributed by atoms with E-state index in [1.807, 2.05) is 19.9 Å². The Balaban J connectivity index is 1.01. The van der Waals surface area contributed by atoms with Gasteiger partial charge in [0.25, 0.3) is 0 Å². The SMILES string of the molecule is COc1c(N2CCN(C(=O)OCOC(C)=O)C(C)C2)c(F)cc2c(=O)c(C(=O)OCC(=O)[C@]3(O)CC[C@@H]4[C@H]5CCC6=CC(=O)C=C[C@@]6(C)C5[C@H](O)C[C@]43C)cn(C3CC3)c12. The molecule has 1 aliphatic heterocycles. The fraction of sp³-hybridized carbons (Fsp3) is 0.591. The third-order valence-corrected chi connectivity index (χ3v) is 14.6. The molecular weight excluding hydrogens is 781 g/mol. The number of halogens is 1. The number of hydrogen-bond donors (Lipinski definition) is 2. The van der Waals surface area contributed by atoms with Crippen LogP contribution in [0, 0.1) is 34.4 Å². The first-order chi connectivity index (χ1) is 28.4. The van der Waals surface area contributed by atoms with Crippen LogP contribution in [0.1, 0.15) is 89.0 Å². The highest BCUT2D eigenvalue weighted by atomic mass is 19.1. The molecule has 0 radical (unpaired) electrons.